The highest BCUT2D eigenvalue weighted by Gasteiger charge is 2.36. The zero-order valence-corrected chi connectivity index (χ0v) is 8.39. The van der Waals surface area contributed by atoms with Crippen molar-refractivity contribution in [2.75, 3.05) is 20.2 Å². The van der Waals surface area contributed by atoms with Gasteiger partial charge in [-0.2, -0.15) is 0 Å². The lowest BCUT2D eigenvalue weighted by Crippen LogP contribution is -2.38. The summed E-state index contributed by atoms with van der Waals surface area (Å²) in [7, 11) is 1.94. The van der Waals surface area contributed by atoms with Crippen LogP contribution in [0.5, 0.6) is 0 Å². The molecule has 1 rings (SSSR count). The Bertz CT molecular complexity index is 147. The molecular formula is C9H19NO2. The summed E-state index contributed by atoms with van der Waals surface area (Å²) in [5.74, 6) is 0. The largest absolute Gasteiger partial charge is 0.349 e. The molecule has 1 saturated heterocycles. The van der Waals surface area contributed by atoms with Crippen LogP contribution in [0.15, 0.2) is 0 Å². The van der Waals surface area contributed by atoms with Crippen LogP contribution in [0, 0.1) is 5.41 Å². The Morgan fingerprint density at radius 1 is 1.50 bits per heavy atom. The van der Waals surface area contributed by atoms with Gasteiger partial charge in [0.05, 0.1) is 12.7 Å². The van der Waals surface area contributed by atoms with Gasteiger partial charge < -0.3 is 14.8 Å². The summed E-state index contributed by atoms with van der Waals surface area (Å²) in [5, 5.41) is 3.14. The van der Waals surface area contributed by atoms with Gasteiger partial charge in [-0.05, 0) is 14.0 Å². The molecule has 0 aromatic rings. The first-order valence-electron chi connectivity index (χ1n) is 4.48. The zero-order valence-electron chi connectivity index (χ0n) is 8.39. The van der Waals surface area contributed by atoms with Crippen LogP contribution in [0.25, 0.3) is 0 Å². The molecule has 0 spiro atoms. The van der Waals surface area contributed by atoms with Gasteiger partial charge in [-0.15, -0.1) is 0 Å². The maximum Gasteiger partial charge on any atom is 0.164 e. The van der Waals surface area contributed by atoms with E-state index in [1.54, 1.807) is 0 Å². The SMILES string of the molecule is CNCC(C)(C)C1OCC(C)O1. The monoisotopic (exact) mass is 173 g/mol. The second-order valence-electron chi connectivity index (χ2n) is 4.13. The minimum absolute atomic E-state index is 0.0551. The predicted octanol–water partition coefficient (Wildman–Crippen LogP) is 0.993. The topological polar surface area (TPSA) is 30.5 Å². The summed E-state index contributed by atoms with van der Waals surface area (Å²) in [6.07, 6.45) is 0.186. The van der Waals surface area contributed by atoms with Gasteiger partial charge in [-0.25, -0.2) is 0 Å². The maximum atomic E-state index is 5.62. The van der Waals surface area contributed by atoms with E-state index in [1.807, 2.05) is 14.0 Å². The highest BCUT2D eigenvalue weighted by atomic mass is 16.7. The fraction of sp³-hybridized carbons (Fsp3) is 1.00. The summed E-state index contributed by atoms with van der Waals surface area (Å²) in [6, 6.07) is 0. The maximum absolute atomic E-state index is 5.62. The molecule has 1 aliphatic heterocycles. The summed E-state index contributed by atoms with van der Waals surface area (Å²) in [5.41, 5.74) is 0.0551. The van der Waals surface area contributed by atoms with Crippen LogP contribution in [-0.2, 0) is 9.47 Å². The first-order valence-corrected chi connectivity index (χ1v) is 4.48. The lowest BCUT2D eigenvalue weighted by Gasteiger charge is -2.29. The quantitative estimate of drug-likeness (QED) is 0.690. The van der Waals surface area contributed by atoms with E-state index >= 15 is 0 Å². The Morgan fingerprint density at radius 2 is 2.17 bits per heavy atom. The average molecular weight is 173 g/mol. The van der Waals surface area contributed by atoms with Crippen molar-refractivity contribution in [2.24, 2.45) is 5.41 Å². The molecule has 1 fully saturated rings. The molecule has 2 atom stereocenters. The van der Waals surface area contributed by atoms with Crippen molar-refractivity contribution < 1.29 is 9.47 Å². The number of hydrogen-bond acceptors (Lipinski definition) is 3. The van der Waals surface area contributed by atoms with Crippen LogP contribution in [0.2, 0.25) is 0 Å². The predicted molar refractivity (Wildman–Crippen MR) is 48.0 cm³/mol. The van der Waals surface area contributed by atoms with E-state index in [2.05, 4.69) is 19.2 Å². The highest BCUT2D eigenvalue weighted by Crippen LogP contribution is 2.28. The van der Waals surface area contributed by atoms with Gasteiger partial charge in [0.2, 0.25) is 0 Å². The fourth-order valence-corrected chi connectivity index (χ4v) is 1.46. The first kappa shape index (κ1) is 9.96. The summed E-state index contributed by atoms with van der Waals surface area (Å²) < 4.78 is 11.1. The van der Waals surface area contributed by atoms with Crippen LogP contribution >= 0.6 is 0 Å². The van der Waals surface area contributed by atoms with E-state index in [0.29, 0.717) is 0 Å². The van der Waals surface area contributed by atoms with Crippen LogP contribution in [0.3, 0.4) is 0 Å². The van der Waals surface area contributed by atoms with E-state index in [0.717, 1.165) is 13.2 Å². The zero-order chi connectivity index (χ0) is 9.19. The lowest BCUT2D eigenvalue weighted by atomic mass is 9.93. The van der Waals surface area contributed by atoms with Crippen LogP contribution in [-0.4, -0.2) is 32.6 Å². The van der Waals surface area contributed by atoms with Crippen molar-refractivity contribution in [3.05, 3.63) is 0 Å². The minimum Gasteiger partial charge on any atom is -0.349 e. The fourth-order valence-electron chi connectivity index (χ4n) is 1.46. The Hall–Kier alpha value is -0.120. The van der Waals surface area contributed by atoms with Crippen molar-refractivity contribution in [3.63, 3.8) is 0 Å². The molecule has 3 heteroatoms. The van der Waals surface area contributed by atoms with Gasteiger partial charge in [-0.1, -0.05) is 13.8 Å². The number of ether oxygens (including phenoxy) is 2. The molecule has 1 heterocycles. The Labute approximate surface area is 74.4 Å². The van der Waals surface area contributed by atoms with E-state index in [4.69, 9.17) is 9.47 Å². The van der Waals surface area contributed by atoms with Crippen molar-refractivity contribution >= 4 is 0 Å². The van der Waals surface area contributed by atoms with E-state index in [1.165, 1.54) is 0 Å². The van der Waals surface area contributed by atoms with Crippen molar-refractivity contribution in [1.82, 2.24) is 5.32 Å². The molecule has 0 radical (unpaired) electrons. The Balaban J connectivity index is 2.45. The van der Waals surface area contributed by atoms with Crippen LogP contribution in [0.1, 0.15) is 20.8 Å². The number of nitrogens with one attached hydrogen (secondary N) is 1. The van der Waals surface area contributed by atoms with Crippen LogP contribution in [0.4, 0.5) is 0 Å². The van der Waals surface area contributed by atoms with Gasteiger partial charge in [-0.3, -0.25) is 0 Å². The molecule has 0 aromatic carbocycles. The Kier molecular flexibility index (Phi) is 3.09. The molecule has 0 amide bonds. The van der Waals surface area contributed by atoms with E-state index in [-0.39, 0.29) is 17.8 Å². The van der Waals surface area contributed by atoms with Crippen molar-refractivity contribution in [1.29, 1.82) is 0 Å². The number of rotatable bonds is 3. The van der Waals surface area contributed by atoms with Crippen LogP contribution < -0.4 is 5.32 Å². The van der Waals surface area contributed by atoms with E-state index in [9.17, 15) is 0 Å². The second kappa shape index (κ2) is 3.73. The highest BCUT2D eigenvalue weighted by molar-refractivity contribution is 4.78. The van der Waals surface area contributed by atoms with Gasteiger partial charge >= 0.3 is 0 Å². The molecule has 1 aliphatic rings. The van der Waals surface area contributed by atoms with Crippen molar-refractivity contribution in [3.8, 4) is 0 Å². The Morgan fingerprint density at radius 3 is 2.58 bits per heavy atom. The molecule has 72 valence electrons. The third-order valence-electron chi connectivity index (χ3n) is 2.11. The smallest absolute Gasteiger partial charge is 0.164 e. The molecule has 0 aliphatic carbocycles. The standard InChI is InChI=1S/C9H19NO2/c1-7-5-11-8(12-7)9(2,3)6-10-4/h7-8,10H,5-6H2,1-4H3. The molecular weight excluding hydrogens is 154 g/mol. The summed E-state index contributed by atoms with van der Waals surface area (Å²) in [4.78, 5) is 0. The lowest BCUT2D eigenvalue weighted by molar-refractivity contribution is -0.127. The first-order chi connectivity index (χ1) is 5.56. The molecule has 3 nitrogen and oxygen atoms in total. The summed E-state index contributed by atoms with van der Waals surface area (Å²) >= 11 is 0. The number of hydrogen-bond donors (Lipinski definition) is 1. The van der Waals surface area contributed by atoms with E-state index < -0.39 is 0 Å². The molecule has 0 saturated carbocycles. The second-order valence-corrected chi connectivity index (χ2v) is 4.13. The minimum atomic E-state index is -0.0556. The van der Waals surface area contributed by atoms with Gasteiger partial charge in [0, 0.05) is 12.0 Å². The average Bonchev–Trinajstić information content (AvgIpc) is 2.36. The summed E-state index contributed by atoms with van der Waals surface area (Å²) in [6.45, 7) is 7.95. The van der Waals surface area contributed by atoms with Gasteiger partial charge in [0.15, 0.2) is 6.29 Å². The van der Waals surface area contributed by atoms with Gasteiger partial charge in [0.1, 0.15) is 0 Å². The normalized spacial score (nSPS) is 31.0. The molecule has 0 aromatic heterocycles. The van der Waals surface area contributed by atoms with Crippen molar-refractivity contribution in [2.45, 2.75) is 33.2 Å². The molecule has 0 bridgehead atoms. The third-order valence-corrected chi connectivity index (χ3v) is 2.11. The third kappa shape index (κ3) is 2.19. The van der Waals surface area contributed by atoms with Gasteiger partial charge in [0.25, 0.3) is 0 Å². The molecule has 1 N–H and O–H groups in total. The molecule has 12 heavy (non-hydrogen) atoms. The molecule has 2 unspecified atom stereocenters.